The van der Waals surface area contributed by atoms with E-state index in [0.717, 1.165) is 47.9 Å². The van der Waals surface area contributed by atoms with Gasteiger partial charge in [0, 0.05) is 22.0 Å². The van der Waals surface area contributed by atoms with Crippen LogP contribution in [0.3, 0.4) is 0 Å². The van der Waals surface area contributed by atoms with E-state index in [1.54, 1.807) is 31.4 Å². The summed E-state index contributed by atoms with van der Waals surface area (Å²) < 4.78 is 44.3. The second-order valence-electron chi connectivity index (χ2n) is 8.40. The first-order valence-corrected chi connectivity index (χ1v) is 11.6. The van der Waals surface area contributed by atoms with Crippen LogP contribution in [0.1, 0.15) is 46.8 Å². The molecule has 5 nitrogen and oxygen atoms in total. The van der Waals surface area contributed by atoms with Crippen molar-refractivity contribution < 1.29 is 22.7 Å². The summed E-state index contributed by atoms with van der Waals surface area (Å²) in [5, 5.41) is 5.04. The van der Waals surface area contributed by atoms with E-state index in [1.807, 2.05) is 12.1 Å². The predicted molar refractivity (Wildman–Crippen MR) is 135 cm³/mol. The molecule has 0 saturated heterocycles. The third-order valence-corrected chi connectivity index (χ3v) is 5.94. The van der Waals surface area contributed by atoms with Crippen LogP contribution < -0.4 is 10.2 Å². The highest BCUT2D eigenvalue weighted by atomic mass is 19.4. The Morgan fingerprint density at radius 3 is 2.42 bits per heavy atom. The number of methoxy groups -OCH3 is 1. The third-order valence-electron chi connectivity index (χ3n) is 5.94. The Bertz CT molecular complexity index is 1370. The number of nitrogens with one attached hydrogen (secondary N) is 2. The molecule has 0 fully saturated rings. The van der Waals surface area contributed by atoms with E-state index in [-0.39, 0.29) is 0 Å². The van der Waals surface area contributed by atoms with Crippen molar-refractivity contribution in [2.24, 2.45) is 5.10 Å². The van der Waals surface area contributed by atoms with E-state index in [2.05, 4.69) is 28.5 Å². The Balaban J connectivity index is 1.69. The number of aromatic amines is 1. The second kappa shape index (κ2) is 10.7. The number of halogens is 3. The molecule has 0 unspecified atom stereocenters. The lowest BCUT2D eigenvalue weighted by molar-refractivity contribution is -0.137. The zero-order valence-electron chi connectivity index (χ0n) is 19.9. The Labute approximate surface area is 207 Å². The van der Waals surface area contributed by atoms with E-state index >= 15 is 0 Å². The number of carbonyl (C=O) groups excluding carboxylic acids is 1. The van der Waals surface area contributed by atoms with Gasteiger partial charge in [0.25, 0.3) is 5.91 Å². The summed E-state index contributed by atoms with van der Waals surface area (Å²) in [7, 11) is 1.54. The molecule has 0 spiro atoms. The minimum Gasteiger partial charge on any atom is -0.497 e. The molecule has 0 aliphatic rings. The maximum atomic E-state index is 13.1. The number of H-pyrrole nitrogens is 1. The highest BCUT2D eigenvalue weighted by molar-refractivity contribution is 6.06. The number of rotatable bonds is 8. The molecular weight excluding hydrogens is 467 g/mol. The van der Waals surface area contributed by atoms with Gasteiger partial charge in [0.1, 0.15) is 5.75 Å². The monoisotopic (exact) mass is 493 g/mol. The number of ether oxygens (including phenoxy) is 1. The molecule has 0 radical (unpaired) electrons. The van der Waals surface area contributed by atoms with Gasteiger partial charge in [0.05, 0.1) is 24.6 Å². The average Bonchev–Trinajstić information content (AvgIpc) is 3.24. The van der Waals surface area contributed by atoms with Crippen molar-refractivity contribution in [3.63, 3.8) is 0 Å². The number of aryl methyl sites for hydroxylation is 1. The summed E-state index contributed by atoms with van der Waals surface area (Å²) in [6.45, 7) is 2.13. The van der Waals surface area contributed by atoms with Gasteiger partial charge in [-0.2, -0.15) is 18.3 Å². The Hall–Kier alpha value is -4.07. The molecule has 3 aromatic carbocycles. The third kappa shape index (κ3) is 5.59. The number of hydrogen-bond acceptors (Lipinski definition) is 3. The van der Waals surface area contributed by atoms with E-state index in [9.17, 15) is 18.0 Å². The lowest BCUT2D eigenvalue weighted by Gasteiger charge is -2.07. The lowest BCUT2D eigenvalue weighted by atomic mass is 10.0. The molecule has 1 amide bonds. The standard InChI is InChI=1S/C28H26F3N3O2/c1-3-4-5-18-6-15-25-23(16-18)24(17-32-34-27(35)20-9-13-22(36-2)14-10-20)26(33-25)19-7-11-21(12-8-19)28(29,30)31/h6-17,33H,3-5H2,1-2H3,(H,34,35)/b32-17+. The number of carbonyl (C=O) groups is 1. The molecule has 186 valence electrons. The average molecular weight is 494 g/mol. The van der Waals surface area contributed by atoms with Crippen LogP contribution in [0, 0.1) is 0 Å². The highest BCUT2D eigenvalue weighted by Gasteiger charge is 2.30. The molecule has 36 heavy (non-hydrogen) atoms. The molecule has 0 aliphatic carbocycles. The van der Waals surface area contributed by atoms with Crippen LogP contribution in [0.4, 0.5) is 13.2 Å². The largest absolute Gasteiger partial charge is 0.497 e. The number of nitrogens with zero attached hydrogens (tertiary/aromatic N) is 1. The highest BCUT2D eigenvalue weighted by Crippen LogP contribution is 2.34. The topological polar surface area (TPSA) is 66.5 Å². The van der Waals surface area contributed by atoms with E-state index in [0.29, 0.717) is 28.1 Å². The van der Waals surface area contributed by atoms with Crippen molar-refractivity contribution in [1.82, 2.24) is 10.4 Å². The van der Waals surface area contributed by atoms with Gasteiger partial charge in [-0.25, -0.2) is 5.43 Å². The van der Waals surface area contributed by atoms with Gasteiger partial charge in [-0.05, 0) is 72.5 Å². The summed E-state index contributed by atoms with van der Waals surface area (Å²) in [6.07, 6.45) is 0.134. The first-order chi connectivity index (χ1) is 17.3. The number of unbranched alkanes of at least 4 members (excludes halogenated alkanes) is 1. The van der Waals surface area contributed by atoms with Gasteiger partial charge < -0.3 is 9.72 Å². The first-order valence-electron chi connectivity index (χ1n) is 11.6. The fourth-order valence-corrected chi connectivity index (χ4v) is 3.95. The molecule has 4 aromatic rings. The van der Waals surface area contributed by atoms with Crippen LogP contribution >= 0.6 is 0 Å². The Morgan fingerprint density at radius 2 is 1.78 bits per heavy atom. The first kappa shape index (κ1) is 25.0. The van der Waals surface area contributed by atoms with Gasteiger partial charge in [-0.1, -0.05) is 31.5 Å². The number of alkyl halides is 3. The van der Waals surface area contributed by atoms with Crippen molar-refractivity contribution >= 4 is 23.0 Å². The molecule has 2 N–H and O–H groups in total. The minimum atomic E-state index is -4.41. The Kier molecular flexibility index (Phi) is 7.43. The summed E-state index contributed by atoms with van der Waals surface area (Å²) in [5.74, 6) is 0.238. The van der Waals surface area contributed by atoms with Crippen molar-refractivity contribution in [2.45, 2.75) is 32.4 Å². The van der Waals surface area contributed by atoms with Gasteiger partial charge in [0.2, 0.25) is 0 Å². The second-order valence-corrected chi connectivity index (χ2v) is 8.40. The van der Waals surface area contributed by atoms with Crippen LogP contribution in [-0.2, 0) is 12.6 Å². The van der Waals surface area contributed by atoms with Gasteiger partial charge >= 0.3 is 6.18 Å². The molecule has 4 rings (SSSR count). The van der Waals surface area contributed by atoms with Crippen molar-refractivity contribution in [3.05, 3.63) is 89.0 Å². The fourth-order valence-electron chi connectivity index (χ4n) is 3.95. The zero-order chi connectivity index (χ0) is 25.7. The van der Waals surface area contributed by atoms with Crippen molar-refractivity contribution in [2.75, 3.05) is 7.11 Å². The van der Waals surface area contributed by atoms with Crippen LogP contribution in [0.5, 0.6) is 5.75 Å². The van der Waals surface area contributed by atoms with Gasteiger partial charge in [-0.15, -0.1) is 0 Å². The molecule has 1 aromatic heterocycles. The number of benzene rings is 3. The zero-order valence-corrected chi connectivity index (χ0v) is 19.9. The summed E-state index contributed by atoms with van der Waals surface area (Å²) in [5.41, 5.74) is 6.08. The fraction of sp³-hybridized carbons (Fsp3) is 0.214. The van der Waals surface area contributed by atoms with Crippen LogP contribution in [0.15, 0.2) is 71.8 Å². The van der Waals surface area contributed by atoms with E-state index < -0.39 is 17.6 Å². The minimum absolute atomic E-state index is 0.395. The van der Waals surface area contributed by atoms with Crippen LogP contribution in [0.2, 0.25) is 0 Å². The van der Waals surface area contributed by atoms with Crippen LogP contribution in [0.25, 0.3) is 22.2 Å². The summed E-state index contributed by atoms with van der Waals surface area (Å²) in [4.78, 5) is 15.8. The Morgan fingerprint density at radius 1 is 1.06 bits per heavy atom. The quantitative estimate of drug-likeness (QED) is 0.206. The molecule has 1 heterocycles. The summed E-state index contributed by atoms with van der Waals surface area (Å²) >= 11 is 0. The maximum absolute atomic E-state index is 13.1. The van der Waals surface area contributed by atoms with Gasteiger partial charge in [0.15, 0.2) is 0 Å². The molecule has 0 aliphatic heterocycles. The van der Waals surface area contributed by atoms with E-state index in [1.165, 1.54) is 18.3 Å². The summed E-state index contributed by atoms with van der Waals surface area (Å²) in [6, 6.07) is 17.6. The van der Waals surface area contributed by atoms with Crippen molar-refractivity contribution in [1.29, 1.82) is 0 Å². The lowest BCUT2D eigenvalue weighted by Crippen LogP contribution is -2.17. The molecule has 0 atom stereocenters. The maximum Gasteiger partial charge on any atom is 0.416 e. The number of fused-ring (bicyclic) bond motifs is 1. The number of aromatic nitrogens is 1. The molecular formula is C28H26F3N3O2. The number of amides is 1. The van der Waals surface area contributed by atoms with Crippen molar-refractivity contribution in [3.8, 4) is 17.0 Å². The van der Waals surface area contributed by atoms with Gasteiger partial charge in [-0.3, -0.25) is 4.79 Å². The van der Waals surface area contributed by atoms with Crippen LogP contribution in [-0.4, -0.2) is 24.2 Å². The molecule has 0 bridgehead atoms. The SMILES string of the molecule is CCCCc1ccc2[nH]c(-c3ccc(C(F)(F)F)cc3)c(/C=N/NC(=O)c3ccc(OC)cc3)c2c1. The smallest absolute Gasteiger partial charge is 0.416 e. The van der Waals surface area contributed by atoms with E-state index in [4.69, 9.17) is 4.74 Å². The molecule has 8 heteroatoms. The predicted octanol–water partition coefficient (Wildman–Crippen LogP) is 6.97. The normalized spacial score (nSPS) is 11.8. The molecule has 0 saturated carbocycles. The number of hydrazone groups is 1. The number of hydrogen-bond donors (Lipinski definition) is 2.